The van der Waals surface area contributed by atoms with Gasteiger partial charge in [0, 0.05) is 18.5 Å². The average Bonchev–Trinajstić information content (AvgIpc) is 3.10. The SMILES string of the molecule is CC1=C[C@@H](c2ccccc2)n2nc(N3C(=O)CCC3=O)nc2N1. The monoisotopic (exact) mass is 309 g/mol. The molecule has 7 heteroatoms. The van der Waals surface area contributed by atoms with Crippen LogP contribution < -0.4 is 10.2 Å². The molecule has 0 spiro atoms. The van der Waals surface area contributed by atoms with Crippen LogP contribution in [-0.4, -0.2) is 26.6 Å². The van der Waals surface area contributed by atoms with E-state index in [0.717, 1.165) is 16.2 Å². The predicted molar refractivity (Wildman–Crippen MR) is 83.7 cm³/mol. The van der Waals surface area contributed by atoms with E-state index in [0.29, 0.717) is 5.95 Å². The fraction of sp³-hybridized carbons (Fsp3) is 0.250. The van der Waals surface area contributed by atoms with Crippen molar-refractivity contribution in [3.63, 3.8) is 0 Å². The van der Waals surface area contributed by atoms with Gasteiger partial charge < -0.3 is 5.32 Å². The molecule has 1 fully saturated rings. The standard InChI is InChI=1S/C16H15N5O2/c1-10-9-12(11-5-3-2-4-6-11)21-15(17-10)18-16(19-21)20-13(22)7-8-14(20)23/h2-6,9,12H,7-8H2,1H3,(H,17,18,19)/t12-/m0/s1. The van der Waals surface area contributed by atoms with Gasteiger partial charge in [-0.1, -0.05) is 30.3 Å². The highest BCUT2D eigenvalue weighted by atomic mass is 16.2. The first-order chi connectivity index (χ1) is 11.1. The first kappa shape index (κ1) is 13.7. The quantitative estimate of drug-likeness (QED) is 0.856. The van der Waals surface area contributed by atoms with Gasteiger partial charge in [-0.3, -0.25) is 9.59 Å². The van der Waals surface area contributed by atoms with Crippen LogP contribution in [0.2, 0.25) is 0 Å². The molecule has 1 aromatic carbocycles. The van der Waals surface area contributed by atoms with Crippen LogP contribution in [0.15, 0.2) is 42.1 Å². The lowest BCUT2D eigenvalue weighted by Crippen LogP contribution is -2.29. The number of nitrogens with one attached hydrogen (secondary N) is 1. The van der Waals surface area contributed by atoms with Gasteiger partial charge in [0.05, 0.1) is 0 Å². The molecule has 116 valence electrons. The van der Waals surface area contributed by atoms with Crippen LogP contribution in [0.5, 0.6) is 0 Å². The summed E-state index contributed by atoms with van der Waals surface area (Å²) >= 11 is 0. The van der Waals surface area contributed by atoms with Crippen LogP contribution in [-0.2, 0) is 9.59 Å². The van der Waals surface area contributed by atoms with E-state index in [1.165, 1.54) is 0 Å². The number of rotatable bonds is 2. The molecule has 2 amide bonds. The van der Waals surface area contributed by atoms with Crippen molar-refractivity contribution < 1.29 is 9.59 Å². The molecule has 0 unspecified atom stereocenters. The van der Waals surface area contributed by atoms with E-state index in [-0.39, 0.29) is 36.6 Å². The Morgan fingerprint density at radius 2 is 1.83 bits per heavy atom. The fourth-order valence-electron chi connectivity index (χ4n) is 2.90. The van der Waals surface area contributed by atoms with Crippen molar-refractivity contribution in [1.82, 2.24) is 14.8 Å². The van der Waals surface area contributed by atoms with Crippen molar-refractivity contribution in [2.75, 3.05) is 10.2 Å². The first-order valence-corrected chi connectivity index (χ1v) is 7.46. The molecule has 23 heavy (non-hydrogen) atoms. The second kappa shape index (κ2) is 5.05. The van der Waals surface area contributed by atoms with Gasteiger partial charge in [0.2, 0.25) is 17.8 Å². The summed E-state index contributed by atoms with van der Waals surface area (Å²) < 4.78 is 1.70. The lowest BCUT2D eigenvalue weighted by molar-refractivity contribution is -0.121. The van der Waals surface area contributed by atoms with E-state index in [2.05, 4.69) is 15.4 Å². The maximum Gasteiger partial charge on any atom is 0.260 e. The molecule has 0 aliphatic carbocycles. The second-order valence-electron chi connectivity index (χ2n) is 5.63. The minimum Gasteiger partial charge on any atom is -0.329 e. The van der Waals surface area contributed by atoms with Crippen LogP contribution in [0.4, 0.5) is 11.9 Å². The normalized spacial score (nSPS) is 20.3. The second-order valence-corrected chi connectivity index (χ2v) is 5.63. The van der Waals surface area contributed by atoms with Crippen molar-refractivity contribution in [2.45, 2.75) is 25.8 Å². The Hall–Kier alpha value is -2.96. The zero-order valence-corrected chi connectivity index (χ0v) is 12.6. The molecule has 0 radical (unpaired) electrons. The summed E-state index contributed by atoms with van der Waals surface area (Å²) in [5.41, 5.74) is 2.01. The molecule has 3 heterocycles. The van der Waals surface area contributed by atoms with Gasteiger partial charge >= 0.3 is 0 Å². The van der Waals surface area contributed by atoms with Gasteiger partial charge in [-0.2, -0.15) is 4.98 Å². The van der Waals surface area contributed by atoms with Crippen molar-refractivity contribution in [1.29, 1.82) is 0 Å². The number of carbonyl (C=O) groups excluding carboxylic acids is 2. The third-order valence-corrected chi connectivity index (χ3v) is 3.99. The van der Waals surface area contributed by atoms with Crippen LogP contribution >= 0.6 is 0 Å². The fourth-order valence-corrected chi connectivity index (χ4v) is 2.90. The lowest BCUT2D eigenvalue weighted by atomic mass is 10.1. The third-order valence-electron chi connectivity index (χ3n) is 3.99. The summed E-state index contributed by atoms with van der Waals surface area (Å²) in [4.78, 5) is 29.2. The molecule has 1 N–H and O–H groups in total. The zero-order chi connectivity index (χ0) is 16.0. The summed E-state index contributed by atoms with van der Waals surface area (Å²) in [6.07, 6.45) is 2.47. The number of nitrogens with zero attached hydrogens (tertiary/aromatic N) is 4. The van der Waals surface area contributed by atoms with Gasteiger partial charge in [0.1, 0.15) is 6.04 Å². The minimum absolute atomic E-state index is 0.124. The first-order valence-electron chi connectivity index (χ1n) is 7.46. The van der Waals surface area contributed by atoms with Gasteiger partial charge in [-0.05, 0) is 18.6 Å². The predicted octanol–water partition coefficient (Wildman–Crippen LogP) is 1.85. The van der Waals surface area contributed by atoms with Crippen LogP contribution in [0.25, 0.3) is 0 Å². The Balaban J connectivity index is 1.78. The number of fused-ring (bicyclic) bond motifs is 1. The molecule has 0 saturated carbocycles. The molecule has 1 aromatic heterocycles. The Morgan fingerprint density at radius 1 is 1.13 bits per heavy atom. The molecule has 4 rings (SSSR count). The highest BCUT2D eigenvalue weighted by Gasteiger charge is 2.35. The molecule has 2 aliphatic heterocycles. The topological polar surface area (TPSA) is 80.1 Å². The van der Waals surface area contributed by atoms with Gasteiger partial charge in [0.25, 0.3) is 5.95 Å². The smallest absolute Gasteiger partial charge is 0.260 e. The molecule has 7 nitrogen and oxygen atoms in total. The van der Waals surface area contributed by atoms with Crippen LogP contribution in [0, 0.1) is 0 Å². The molecule has 2 aromatic rings. The van der Waals surface area contributed by atoms with Crippen LogP contribution in [0.1, 0.15) is 31.4 Å². The van der Waals surface area contributed by atoms with E-state index in [1.54, 1.807) is 4.68 Å². The number of benzene rings is 1. The number of imide groups is 1. The molecule has 1 atom stereocenters. The van der Waals surface area contributed by atoms with E-state index in [9.17, 15) is 9.59 Å². The molecular weight excluding hydrogens is 294 g/mol. The average molecular weight is 309 g/mol. The Labute approximate surface area is 132 Å². The molecular formula is C16H15N5O2. The number of hydrogen-bond donors (Lipinski definition) is 1. The maximum absolute atomic E-state index is 11.9. The zero-order valence-electron chi connectivity index (χ0n) is 12.6. The minimum atomic E-state index is -0.251. The van der Waals surface area contributed by atoms with E-state index >= 15 is 0 Å². The van der Waals surface area contributed by atoms with Crippen molar-refractivity contribution in [3.05, 3.63) is 47.7 Å². The van der Waals surface area contributed by atoms with E-state index < -0.39 is 0 Å². The Bertz CT molecular complexity index is 808. The Morgan fingerprint density at radius 3 is 2.52 bits per heavy atom. The number of allylic oxidation sites excluding steroid dienone is 2. The Kier molecular flexibility index (Phi) is 3.00. The van der Waals surface area contributed by atoms with Crippen LogP contribution in [0.3, 0.4) is 0 Å². The number of carbonyl (C=O) groups is 2. The summed E-state index contributed by atoms with van der Waals surface area (Å²) in [5.74, 6) is 0.170. The van der Waals surface area contributed by atoms with Crippen molar-refractivity contribution >= 4 is 23.7 Å². The molecule has 2 aliphatic rings. The molecule has 0 bridgehead atoms. The number of hydrogen-bond acceptors (Lipinski definition) is 5. The van der Waals surface area contributed by atoms with Gasteiger partial charge in [0.15, 0.2) is 0 Å². The summed E-state index contributed by atoms with van der Waals surface area (Å²) in [6.45, 7) is 1.94. The van der Waals surface area contributed by atoms with Crippen molar-refractivity contribution in [3.8, 4) is 0 Å². The molecule has 1 saturated heterocycles. The lowest BCUT2D eigenvalue weighted by Gasteiger charge is -2.22. The number of anilines is 2. The summed E-state index contributed by atoms with van der Waals surface area (Å²) in [6, 6.07) is 9.78. The van der Waals surface area contributed by atoms with Crippen molar-refractivity contribution in [2.24, 2.45) is 0 Å². The number of aromatic nitrogens is 3. The number of amides is 2. The largest absolute Gasteiger partial charge is 0.329 e. The van der Waals surface area contributed by atoms with E-state index in [4.69, 9.17) is 0 Å². The maximum atomic E-state index is 11.9. The van der Waals surface area contributed by atoms with Gasteiger partial charge in [-0.25, -0.2) is 9.58 Å². The summed E-state index contributed by atoms with van der Waals surface area (Å²) in [7, 11) is 0. The van der Waals surface area contributed by atoms with Gasteiger partial charge in [-0.15, -0.1) is 5.10 Å². The highest BCUT2D eigenvalue weighted by Crippen LogP contribution is 2.31. The highest BCUT2D eigenvalue weighted by molar-refractivity contribution is 6.18. The third kappa shape index (κ3) is 2.21. The summed E-state index contributed by atoms with van der Waals surface area (Å²) in [5, 5.41) is 7.54. The van der Waals surface area contributed by atoms with E-state index in [1.807, 2.05) is 43.3 Å².